The number of nitrogens with zero attached hydrogens (tertiary/aromatic N) is 1. The fourth-order valence-electron chi connectivity index (χ4n) is 2.30. The van der Waals surface area contributed by atoms with Gasteiger partial charge in [-0.25, -0.2) is 0 Å². The van der Waals surface area contributed by atoms with Gasteiger partial charge < -0.3 is 14.7 Å². The predicted molar refractivity (Wildman–Crippen MR) is 77.1 cm³/mol. The van der Waals surface area contributed by atoms with Crippen LogP contribution in [-0.4, -0.2) is 47.0 Å². The molecule has 1 N–H and O–H groups in total. The number of thioether (sulfide) groups is 1. The summed E-state index contributed by atoms with van der Waals surface area (Å²) in [4.78, 5) is 24.2. The Balaban J connectivity index is 1.97. The van der Waals surface area contributed by atoms with Gasteiger partial charge in [-0.3, -0.25) is 9.59 Å². The van der Waals surface area contributed by atoms with E-state index in [0.29, 0.717) is 13.1 Å². The summed E-state index contributed by atoms with van der Waals surface area (Å²) < 4.78 is 5.33. The molecular weight excluding hydrogens is 278 g/mol. The van der Waals surface area contributed by atoms with Crippen molar-refractivity contribution in [3.63, 3.8) is 0 Å². The zero-order valence-corrected chi connectivity index (χ0v) is 12.1. The predicted octanol–water partition coefficient (Wildman–Crippen LogP) is 1.40. The van der Waals surface area contributed by atoms with Gasteiger partial charge in [0, 0.05) is 18.7 Å². The van der Waals surface area contributed by atoms with E-state index in [-0.39, 0.29) is 17.4 Å². The molecule has 0 saturated carbocycles. The molecule has 0 aliphatic carbocycles. The van der Waals surface area contributed by atoms with E-state index in [1.807, 2.05) is 18.2 Å². The van der Waals surface area contributed by atoms with E-state index in [2.05, 4.69) is 0 Å². The van der Waals surface area contributed by atoms with Gasteiger partial charge in [0.2, 0.25) is 5.91 Å². The topological polar surface area (TPSA) is 66.8 Å². The number of amides is 1. The number of carbonyl (C=O) groups excluding carboxylic acids is 1. The number of fused-ring (bicyclic) bond motifs is 1. The summed E-state index contributed by atoms with van der Waals surface area (Å²) in [6.45, 7) is 1.22. The molecule has 108 valence electrons. The smallest absolute Gasteiger partial charge is 0.313 e. The van der Waals surface area contributed by atoms with Crippen LogP contribution in [-0.2, 0) is 22.6 Å². The lowest BCUT2D eigenvalue weighted by molar-refractivity contribution is -0.133. The molecule has 1 aliphatic heterocycles. The van der Waals surface area contributed by atoms with Crippen LogP contribution in [0.25, 0.3) is 0 Å². The minimum absolute atomic E-state index is 0.00952. The van der Waals surface area contributed by atoms with Gasteiger partial charge >= 0.3 is 5.97 Å². The van der Waals surface area contributed by atoms with E-state index in [1.54, 1.807) is 12.0 Å². The van der Waals surface area contributed by atoms with E-state index >= 15 is 0 Å². The van der Waals surface area contributed by atoms with E-state index in [1.165, 1.54) is 0 Å². The van der Waals surface area contributed by atoms with Crippen LogP contribution in [0, 0.1) is 0 Å². The van der Waals surface area contributed by atoms with E-state index in [0.717, 1.165) is 35.1 Å². The zero-order valence-electron chi connectivity index (χ0n) is 11.3. The van der Waals surface area contributed by atoms with Crippen LogP contribution in [0.2, 0.25) is 0 Å². The van der Waals surface area contributed by atoms with Gasteiger partial charge in [-0.2, -0.15) is 0 Å². The standard InChI is InChI=1S/C14H17NO4S/c1-19-12-4-2-3-10-7-15(6-5-11(10)12)13(16)8-20-9-14(17)18/h2-4H,5-9H2,1H3,(H,17,18). The lowest BCUT2D eigenvalue weighted by Crippen LogP contribution is -2.37. The summed E-state index contributed by atoms with van der Waals surface area (Å²) in [5.41, 5.74) is 2.27. The van der Waals surface area contributed by atoms with Crippen LogP contribution in [0.3, 0.4) is 0 Å². The molecule has 2 rings (SSSR count). The Morgan fingerprint density at radius 3 is 2.90 bits per heavy atom. The highest BCUT2D eigenvalue weighted by atomic mass is 32.2. The second-order valence-electron chi connectivity index (χ2n) is 4.55. The van der Waals surface area contributed by atoms with Gasteiger partial charge in [0.05, 0.1) is 18.6 Å². The van der Waals surface area contributed by atoms with Crippen molar-refractivity contribution in [1.29, 1.82) is 0 Å². The van der Waals surface area contributed by atoms with Crippen molar-refractivity contribution in [1.82, 2.24) is 4.90 Å². The summed E-state index contributed by atoms with van der Waals surface area (Å²) in [6.07, 6.45) is 0.773. The zero-order chi connectivity index (χ0) is 14.5. The molecular formula is C14H17NO4S. The number of ether oxygens (including phenoxy) is 1. The summed E-state index contributed by atoms with van der Waals surface area (Å²) in [7, 11) is 1.65. The monoisotopic (exact) mass is 295 g/mol. The number of rotatable bonds is 5. The summed E-state index contributed by atoms with van der Waals surface area (Å²) in [5, 5.41) is 8.56. The molecule has 6 heteroatoms. The number of hydrogen-bond donors (Lipinski definition) is 1. The molecule has 0 unspecified atom stereocenters. The van der Waals surface area contributed by atoms with Crippen LogP contribution in [0.4, 0.5) is 0 Å². The number of carboxylic acid groups (broad SMARTS) is 1. The number of aliphatic carboxylic acids is 1. The fraction of sp³-hybridized carbons (Fsp3) is 0.429. The Bertz CT molecular complexity index is 518. The maximum atomic E-state index is 12.0. The summed E-state index contributed by atoms with van der Waals surface area (Å²) >= 11 is 1.14. The summed E-state index contributed by atoms with van der Waals surface area (Å²) in [6, 6.07) is 5.85. The van der Waals surface area contributed by atoms with Crippen molar-refractivity contribution in [2.75, 3.05) is 25.2 Å². The van der Waals surface area contributed by atoms with Gasteiger partial charge in [0.15, 0.2) is 0 Å². The van der Waals surface area contributed by atoms with Gasteiger partial charge in [0.1, 0.15) is 5.75 Å². The summed E-state index contributed by atoms with van der Waals surface area (Å²) in [5.74, 6) is 0.145. The van der Waals surface area contributed by atoms with E-state index in [9.17, 15) is 9.59 Å². The third-order valence-electron chi connectivity index (χ3n) is 3.25. The lowest BCUT2D eigenvalue weighted by Gasteiger charge is -2.29. The van der Waals surface area contributed by atoms with Crippen molar-refractivity contribution in [3.8, 4) is 5.75 Å². The first kappa shape index (κ1) is 14.7. The Hall–Kier alpha value is -1.69. The van der Waals surface area contributed by atoms with E-state index in [4.69, 9.17) is 9.84 Å². The van der Waals surface area contributed by atoms with Crippen LogP contribution in [0.5, 0.6) is 5.75 Å². The van der Waals surface area contributed by atoms with E-state index < -0.39 is 5.97 Å². The molecule has 1 aromatic rings. The van der Waals surface area contributed by atoms with Gasteiger partial charge in [-0.15, -0.1) is 11.8 Å². The molecule has 0 atom stereocenters. The Morgan fingerprint density at radius 1 is 1.40 bits per heavy atom. The first-order valence-corrected chi connectivity index (χ1v) is 7.49. The Kier molecular flexibility index (Phi) is 4.89. The molecule has 1 heterocycles. The second-order valence-corrected chi connectivity index (χ2v) is 5.54. The van der Waals surface area contributed by atoms with Crippen LogP contribution in [0.1, 0.15) is 11.1 Å². The quantitative estimate of drug-likeness (QED) is 0.889. The van der Waals surface area contributed by atoms with Gasteiger partial charge in [0.25, 0.3) is 0 Å². The molecule has 0 fully saturated rings. The minimum atomic E-state index is -0.892. The minimum Gasteiger partial charge on any atom is -0.496 e. The van der Waals surface area contributed by atoms with Crippen molar-refractivity contribution < 1.29 is 19.4 Å². The first-order valence-electron chi connectivity index (χ1n) is 6.34. The number of hydrogen-bond acceptors (Lipinski definition) is 4. The molecule has 1 amide bonds. The highest BCUT2D eigenvalue weighted by Gasteiger charge is 2.22. The molecule has 0 radical (unpaired) electrons. The highest BCUT2D eigenvalue weighted by molar-refractivity contribution is 8.00. The number of methoxy groups -OCH3 is 1. The average molecular weight is 295 g/mol. The largest absolute Gasteiger partial charge is 0.496 e. The van der Waals surface area contributed by atoms with Crippen LogP contribution >= 0.6 is 11.8 Å². The first-order chi connectivity index (χ1) is 9.61. The van der Waals surface area contributed by atoms with Gasteiger partial charge in [-0.1, -0.05) is 12.1 Å². The molecule has 0 spiro atoms. The molecule has 1 aromatic carbocycles. The number of benzene rings is 1. The fourth-order valence-corrected chi connectivity index (χ4v) is 2.93. The maximum absolute atomic E-state index is 12.0. The second kappa shape index (κ2) is 6.65. The molecule has 0 aromatic heterocycles. The number of carboxylic acids is 1. The van der Waals surface area contributed by atoms with Crippen molar-refractivity contribution in [2.24, 2.45) is 0 Å². The van der Waals surface area contributed by atoms with Crippen molar-refractivity contribution in [3.05, 3.63) is 29.3 Å². The number of carbonyl (C=O) groups is 2. The average Bonchev–Trinajstić information content (AvgIpc) is 2.45. The molecule has 5 nitrogen and oxygen atoms in total. The third-order valence-corrected chi connectivity index (χ3v) is 4.15. The van der Waals surface area contributed by atoms with Crippen molar-refractivity contribution >= 4 is 23.6 Å². The highest BCUT2D eigenvalue weighted by Crippen LogP contribution is 2.27. The van der Waals surface area contributed by atoms with Gasteiger partial charge in [-0.05, 0) is 18.1 Å². The molecule has 1 aliphatic rings. The molecule has 20 heavy (non-hydrogen) atoms. The van der Waals surface area contributed by atoms with Crippen LogP contribution < -0.4 is 4.74 Å². The van der Waals surface area contributed by atoms with Crippen molar-refractivity contribution in [2.45, 2.75) is 13.0 Å². The SMILES string of the molecule is COc1cccc2c1CCN(C(=O)CSCC(=O)O)C2. The molecule has 0 saturated heterocycles. The lowest BCUT2D eigenvalue weighted by atomic mass is 9.99. The normalized spacial score (nSPS) is 13.8. The Labute approximate surface area is 121 Å². The Morgan fingerprint density at radius 2 is 2.20 bits per heavy atom. The third kappa shape index (κ3) is 3.45. The molecule has 0 bridgehead atoms. The maximum Gasteiger partial charge on any atom is 0.313 e. The van der Waals surface area contributed by atoms with Crippen LogP contribution in [0.15, 0.2) is 18.2 Å².